The van der Waals surface area contributed by atoms with E-state index in [9.17, 15) is 14.7 Å². The molecule has 0 aliphatic heterocycles. The van der Waals surface area contributed by atoms with Crippen LogP contribution in [0.4, 0.5) is 4.79 Å². The molecule has 2 amide bonds. The van der Waals surface area contributed by atoms with Crippen LogP contribution >= 0.6 is 0 Å². The average molecular weight is 296 g/mol. The zero-order valence-corrected chi connectivity index (χ0v) is 11.8. The Balaban J connectivity index is 2.15. The molecule has 0 aromatic heterocycles. The molecule has 0 aliphatic rings. The average Bonchev–Trinajstić information content (AvgIpc) is 2.41. The van der Waals surface area contributed by atoms with Crippen molar-refractivity contribution < 1.29 is 24.5 Å². The van der Waals surface area contributed by atoms with Gasteiger partial charge in [-0.25, -0.2) is 4.79 Å². The molecule has 0 spiro atoms. The van der Waals surface area contributed by atoms with E-state index in [4.69, 9.17) is 9.84 Å². The lowest BCUT2D eigenvalue weighted by atomic mass is 10.0. The largest absolute Gasteiger partial charge is 0.492 e. The molecule has 0 fully saturated rings. The summed E-state index contributed by atoms with van der Waals surface area (Å²) in [5, 5.41) is 23.3. The summed E-state index contributed by atoms with van der Waals surface area (Å²) in [7, 11) is 0. The first-order valence-corrected chi connectivity index (χ1v) is 6.53. The molecule has 0 saturated heterocycles. The maximum atomic E-state index is 11.5. The molecule has 4 N–H and O–H groups in total. The van der Waals surface area contributed by atoms with E-state index >= 15 is 0 Å². The molecule has 21 heavy (non-hydrogen) atoms. The van der Waals surface area contributed by atoms with Gasteiger partial charge in [-0.15, -0.1) is 0 Å². The minimum atomic E-state index is -1.48. The number of carboxylic acids is 1. The summed E-state index contributed by atoms with van der Waals surface area (Å²) in [5.41, 5.74) is -1.48. The van der Waals surface area contributed by atoms with E-state index in [1.165, 1.54) is 6.92 Å². The van der Waals surface area contributed by atoms with Gasteiger partial charge in [-0.2, -0.15) is 0 Å². The molecule has 116 valence electrons. The Hall–Kier alpha value is -2.28. The molecule has 7 nitrogen and oxygen atoms in total. The predicted octanol–water partition coefficient (Wildman–Crippen LogP) is 0.590. The van der Waals surface area contributed by atoms with Gasteiger partial charge in [-0.05, 0) is 19.1 Å². The summed E-state index contributed by atoms with van der Waals surface area (Å²) < 4.78 is 5.38. The van der Waals surface area contributed by atoms with Crippen molar-refractivity contribution in [3.8, 4) is 5.75 Å². The number of urea groups is 1. The highest BCUT2D eigenvalue weighted by molar-refractivity contribution is 5.74. The monoisotopic (exact) mass is 296 g/mol. The highest BCUT2D eigenvalue weighted by Crippen LogP contribution is 2.08. The number of amides is 2. The Morgan fingerprint density at radius 2 is 1.90 bits per heavy atom. The number of hydrogen-bond donors (Lipinski definition) is 4. The van der Waals surface area contributed by atoms with Gasteiger partial charge < -0.3 is 25.6 Å². The van der Waals surface area contributed by atoms with Gasteiger partial charge >= 0.3 is 12.0 Å². The van der Waals surface area contributed by atoms with Crippen LogP contribution in [0.25, 0.3) is 0 Å². The van der Waals surface area contributed by atoms with Crippen LogP contribution in [-0.4, -0.2) is 47.5 Å². The van der Waals surface area contributed by atoms with E-state index in [1.807, 2.05) is 30.3 Å². The fraction of sp³-hybridized carbons (Fsp3) is 0.429. The SMILES string of the molecule is CC(O)(CNC(=O)NCCOc1ccccc1)CC(=O)O. The molecule has 1 atom stereocenters. The summed E-state index contributed by atoms with van der Waals surface area (Å²) in [4.78, 5) is 22.0. The van der Waals surface area contributed by atoms with Crippen LogP contribution in [-0.2, 0) is 4.79 Å². The van der Waals surface area contributed by atoms with E-state index in [2.05, 4.69) is 10.6 Å². The molecular formula is C14H20N2O5. The van der Waals surface area contributed by atoms with Gasteiger partial charge in [0.15, 0.2) is 0 Å². The zero-order valence-electron chi connectivity index (χ0n) is 11.8. The third kappa shape index (κ3) is 7.78. The van der Waals surface area contributed by atoms with Crippen LogP contribution in [0.3, 0.4) is 0 Å². The highest BCUT2D eigenvalue weighted by atomic mass is 16.5. The van der Waals surface area contributed by atoms with Crippen molar-refractivity contribution in [2.75, 3.05) is 19.7 Å². The number of para-hydroxylation sites is 1. The molecule has 0 aliphatic carbocycles. The lowest BCUT2D eigenvalue weighted by Gasteiger charge is -2.21. The number of ether oxygens (including phenoxy) is 1. The Kier molecular flexibility index (Phi) is 6.48. The Morgan fingerprint density at radius 1 is 1.24 bits per heavy atom. The Morgan fingerprint density at radius 3 is 2.52 bits per heavy atom. The molecule has 1 aromatic rings. The summed E-state index contributed by atoms with van der Waals surface area (Å²) >= 11 is 0. The van der Waals surface area contributed by atoms with Gasteiger partial charge in [0.25, 0.3) is 0 Å². The van der Waals surface area contributed by atoms with Crippen LogP contribution in [0.2, 0.25) is 0 Å². The molecule has 1 unspecified atom stereocenters. The molecule has 0 heterocycles. The van der Waals surface area contributed by atoms with E-state index in [-0.39, 0.29) is 6.54 Å². The fourth-order valence-corrected chi connectivity index (χ4v) is 1.57. The molecule has 0 bridgehead atoms. The highest BCUT2D eigenvalue weighted by Gasteiger charge is 2.24. The van der Waals surface area contributed by atoms with Crippen LogP contribution in [0.1, 0.15) is 13.3 Å². The lowest BCUT2D eigenvalue weighted by Crippen LogP contribution is -2.46. The number of nitrogens with one attached hydrogen (secondary N) is 2. The van der Waals surface area contributed by atoms with Crippen molar-refractivity contribution in [3.05, 3.63) is 30.3 Å². The second-order valence-corrected chi connectivity index (χ2v) is 4.84. The van der Waals surface area contributed by atoms with Gasteiger partial charge in [0, 0.05) is 6.54 Å². The summed E-state index contributed by atoms with van der Waals surface area (Å²) in [6.45, 7) is 1.80. The number of aliphatic carboxylic acids is 1. The quantitative estimate of drug-likeness (QED) is 0.525. The molecule has 1 aromatic carbocycles. The van der Waals surface area contributed by atoms with Crippen molar-refractivity contribution in [2.45, 2.75) is 18.9 Å². The van der Waals surface area contributed by atoms with Crippen LogP contribution < -0.4 is 15.4 Å². The van der Waals surface area contributed by atoms with E-state index < -0.39 is 24.0 Å². The second-order valence-electron chi connectivity index (χ2n) is 4.84. The van der Waals surface area contributed by atoms with Crippen molar-refractivity contribution in [1.29, 1.82) is 0 Å². The van der Waals surface area contributed by atoms with Gasteiger partial charge in [0.2, 0.25) is 0 Å². The number of carbonyl (C=O) groups is 2. The lowest BCUT2D eigenvalue weighted by molar-refractivity contribution is -0.141. The Labute approximate surface area is 122 Å². The van der Waals surface area contributed by atoms with E-state index in [0.717, 1.165) is 0 Å². The van der Waals surface area contributed by atoms with Gasteiger partial charge in [0.1, 0.15) is 12.4 Å². The summed E-state index contributed by atoms with van der Waals surface area (Å²) in [6.07, 6.45) is -0.440. The topological polar surface area (TPSA) is 108 Å². The zero-order chi connectivity index (χ0) is 15.7. The number of benzene rings is 1. The molecule has 0 saturated carbocycles. The number of aliphatic hydroxyl groups is 1. The van der Waals surface area contributed by atoms with E-state index in [0.29, 0.717) is 18.9 Å². The standard InChI is InChI=1S/C14H20N2O5/c1-14(20,9-12(17)18)10-16-13(19)15-7-8-21-11-5-3-2-4-6-11/h2-6,20H,7-10H2,1H3,(H,17,18)(H2,15,16,19). The van der Waals surface area contributed by atoms with Crippen LogP contribution in [0.15, 0.2) is 30.3 Å². The summed E-state index contributed by atoms with van der Waals surface area (Å²) in [5.74, 6) is -0.414. The number of carbonyl (C=O) groups excluding carboxylic acids is 1. The second kappa shape index (κ2) is 8.11. The van der Waals surface area contributed by atoms with Crippen molar-refractivity contribution in [3.63, 3.8) is 0 Å². The number of rotatable bonds is 8. The smallest absolute Gasteiger partial charge is 0.315 e. The van der Waals surface area contributed by atoms with Gasteiger partial charge in [-0.3, -0.25) is 4.79 Å². The van der Waals surface area contributed by atoms with Crippen LogP contribution in [0, 0.1) is 0 Å². The Bertz CT molecular complexity index is 462. The van der Waals surface area contributed by atoms with Gasteiger partial charge in [-0.1, -0.05) is 18.2 Å². The number of hydrogen-bond acceptors (Lipinski definition) is 4. The van der Waals surface area contributed by atoms with Crippen molar-refractivity contribution in [2.24, 2.45) is 0 Å². The first-order valence-electron chi connectivity index (χ1n) is 6.53. The first-order chi connectivity index (χ1) is 9.89. The minimum Gasteiger partial charge on any atom is -0.492 e. The number of carboxylic acid groups (broad SMARTS) is 1. The minimum absolute atomic E-state index is 0.148. The molecule has 1 rings (SSSR count). The van der Waals surface area contributed by atoms with Crippen molar-refractivity contribution >= 4 is 12.0 Å². The van der Waals surface area contributed by atoms with E-state index in [1.54, 1.807) is 0 Å². The third-order valence-corrected chi connectivity index (χ3v) is 2.56. The fourth-order valence-electron chi connectivity index (χ4n) is 1.57. The maximum Gasteiger partial charge on any atom is 0.315 e. The molecule has 0 radical (unpaired) electrons. The molecule has 7 heteroatoms. The maximum absolute atomic E-state index is 11.5. The predicted molar refractivity (Wildman–Crippen MR) is 76.2 cm³/mol. The van der Waals surface area contributed by atoms with Crippen LogP contribution in [0.5, 0.6) is 5.75 Å². The third-order valence-electron chi connectivity index (χ3n) is 2.56. The first kappa shape index (κ1) is 16.8. The molecular weight excluding hydrogens is 276 g/mol. The summed E-state index contributed by atoms with van der Waals surface area (Å²) in [6, 6.07) is 8.70. The van der Waals surface area contributed by atoms with Gasteiger partial charge in [0.05, 0.1) is 18.6 Å². The normalized spacial score (nSPS) is 13.0. The van der Waals surface area contributed by atoms with Crippen molar-refractivity contribution in [1.82, 2.24) is 10.6 Å².